The molecule has 0 bridgehead atoms. The number of aromatic nitrogens is 3. The van der Waals surface area contributed by atoms with Crippen LogP contribution in [0.5, 0.6) is 0 Å². The molecule has 0 amide bonds. The summed E-state index contributed by atoms with van der Waals surface area (Å²) in [5.74, 6) is 1.55. The second kappa shape index (κ2) is 9.10. The Balaban J connectivity index is 1.55. The molecule has 1 aliphatic rings. The van der Waals surface area contributed by atoms with Gasteiger partial charge in [0.15, 0.2) is 5.82 Å². The van der Waals surface area contributed by atoms with Crippen LogP contribution in [0.3, 0.4) is 0 Å². The van der Waals surface area contributed by atoms with Gasteiger partial charge in [0.25, 0.3) is 0 Å². The lowest BCUT2D eigenvalue weighted by Gasteiger charge is -2.28. The lowest BCUT2D eigenvalue weighted by atomic mass is 10.2. The molecule has 28 heavy (non-hydrogen) atoms. The van der Waals surface area contributed by atoms with Crippen molar-refractivity contribution in [1.29, 1.82) is 0 Å². The molecule has 0 unspecified atom stereocenters. The van der Waals surface area contributed by atoms with E-state index in [0.717, 1.165) is 40.9 Å². The molecule has 1 saturated heterocycles. The first-order chi connectivity index (χ1) is 13.8. The smallest absolute Gasteiger partial charge is 0.180 e. The zero-order valence-corrected chi connectivity index (χ0v) is 16.3. The van der Waals surface area contributed by atoms with Crippen molar-refractivity contribution in [3.8, 4) is 11.5 Å². The van der Waals surface area contributed by atoms with Gasteiger partial charge in [-0.3, -0.25) is 4.98 Å². The van der Waals surface area contributed by atoms with Crippen molar-refractivity contribution in [2.75, 3.05) is 31.2 Å². The van der Waals surface area contributed by atoms with E-state index in [2.05, 4.69) is 15.2 Å². The summed E-state index contributed by atoms with van der Waals surface area (Å²) in [6, 6.07) is 15.7. The number of pyridine rings is 1. The fraction of sp³-hybridized carbons (Fsp3) is 0.286. The van der Waals surface area contributed by atoms with Crippen LogP contribution in [0.4, 0.5) is 5.82 Å². The van der Waals surface area contributed by atoms with Crippen LogP contribution in [-0.4, -0.2) is 41.3 Å². The second-order valence-electron chi connectivity index (χ2n) is 6.55. The summed E-state index contributed by atoms with van der Waals surface area (Å²) < 4.78 is 5.47. The molecule has 1 N–H and O–H groups in total. The van der Waals surface area contributed by atoms with E-state index < -0.39 is 0 Å². The number of hydrogen-bond acceptors (Lipinski definition) is 6. The van der Waals surface area contributed by atoms with Gasteiger partial charge in [0, 0.05) is 43.5 Å². The van der Waals surface area contributed by atoms with Crippen molar-refractivity contribution < 1.29 is 4.74 Å². The largest absolute Gasteiger partial charge is 0.378 e. The summed E-state index contributed by atoms with van der Waals surface area (Å²) >= 11 is 6.25. The number of benzene rings is 1. The molecular formula is C21H22ClN5O. The van der Waals surface area contributed by atoms with E-state index in [1.807, 2.05) is 48.5 Å². The molecule has 3 aromatic rings. The van der Waals surface area contributed by atoms with Gasteiger partial charge >= 0.3 is 0 Å². The topological polar surface area (TPSA) is 63.2 Å². The highest BCUT2D eigenvalue weighted by Gasteiger charge is 2.16. The van der Waals surface area contributed by atoms with Gasteiger partial charge in [0.2, 0.25) is 0 Å². The normalized spacial score (nSPS) is 14.2. The van der Waals surface area contributed by atoms with Crippen LogP contribution >= 0.6 is 11.6 Å². The molecular weight excluding hydrogens is 374 g/mol. The number of hydrogen-bond donors (Lipinski definition) is 1. The molecule has 2 aromatic heterocycles. The van der Waals surface area contributed by atoms with E-state index in [4.69, 9.17) is 26.3 Å². The van der Waals surface area contributed by atoms with Gasteiger partial charge in [-0.05, 0) is 23.8 Å². The van der Waals surface area contributed by atoms with Crippen LogP contribution < -0.4 is 10.2 Å². The molecule has 4 rings (SSSR count). The first kappa shape index (κ1) is 18.8. The summed E-state index contributed by atoms with van der Waals surface area (Å²) in [6.07, 6.45) is 1.76. The number of rotatable bonds is 6. The van der Waals surface area contributed by atoms with Crippen molar-refractivity contribution in [1.82, 2.24) is 20.3 Å². The van der Waals surface area contributed by atoms with Crippen LogP contribution in [0.2, 0.25) is 5.02 Å². The molecule has 0 radical (unpaired) electrons. The van der Waals surface area contributed by atoms with E-state index >= 15 is 0 Å². The standard InChI is InChI=1S/C21H22ClN5O/c22-18-6-2-1-5-16(18)14-23-15-17-13-20(27-9-11-28-12-10-27)26-21(25-17)19-7-3-4-8-24-19/h1-8,13,23H,9-12,14-15H2. The van der Waals surface area contributed by atoms with Crippen LogP contribution in [0.1, 0.15) is 11.3 Å². The van der Waals surface area contributed by atoms with Crippen LogP contribution in [0.25, 0.3) is 11.5 Å². The number of ether oxygens (including phenoxy) is 1. The molecule has 3 heterocycles. The molecule has 6 nitrogen and oxygen atoms in total. The molecule has 0 saturated carbocycles. The van der Waals surface area contributed by atoms with Crippen molar-refractivity contribution in [3.05, 3.63) is 71.0 Å². The van der Waals surface area contributed by atoms with Crippen molar-refractivity contribution >= 4 is 17.4 Å². The zero-order valence-electron chi connectivity index (χ0n) is 15.5. The molecule has 1 aliphatic heterocycles. The van der Waals surface area contributed by atoms with E-state index in [1.165, 1.54) is 0 Å². The summed E-state index contributed by atoms with van der Waals surface area (Å²) in [5.41, 5.74) is 2.76. The zero-order chi connectivity index (χ0) is 19.2. The van der Waals surface area contributed by atoms with Crippen LogP contribution in [0, 0.1) is 0 Å². The Kier molecular flexibility index (Phi) is 6.11. The predicted molar refractivity (Wildman–Crippen MR) is 110 cm³/mol. The quantitative estimate of drug-likeness (QED) is 0.690. The Labute approximate surface area is 169 Å². The summed E-state index contributed by atoms with van der Waals surface area (Å²) in [5, 5.41) is 4.19. The number of anilines is 1. The average molecular weight is 396 g/mol. The van der Waals surface area contributed by atoms with Crippen LogP contribution in [-0.2, 0) is 17.8 Å². The molecule has 0 aliphatic carbocycles. The third kappa shape index (κ3) is 4.65. The van der Waals surface area contributed by atoms with Gasteiger partial charge in [-0.2, -0.15) is 0 Å². The minimum Gasteiger partial charge on any atom is -0.378 e. The number of nitrogens with zero attached hydrogens (tertiary/aromatic N) is 4. The Bertz CT molecular complexity index is 916. The first-order valence-electron chi connectivity index (χ1n) is 9.36. The minimum absolute atomic E-state index is 0.616. The highest BCUT2D eigenvalue weighted by atomic mass is 35.5. The fourth-order valence-electron chi connectivity index (χ4n) is 3.10. The third-order valence-corrected chi connectivity index (χ3v) is 4.94. The monoisotopic (exact) mass is 395 g/mol. The van der Waals surface area contributed by atoms with Gasteiger partial charge in [0.05, 0.1) is 18.9 Å². The lowest BCUT2D eigenvalue weighted by Crippen LogP contribution is -2.37. The molecule has 7 heteroatoms. The first-order valence-corrected chi connectivity index (χ1v) is 9.73. The Morgan fingerprint density at radius 3 is 2.61 bits per heavy atom. The van der Waals surface area contributed by atoms with E-state index in [1.54, 1.807) is 6.20 Å². The maximum atomic E-state index is 6.25. The molecule has 144 valence electrons. The van der Waals surface area contributed by atoms with Gasteiger partial charge in [-0.25, -0.2) is 9.97 Å². The van der Waals surface area contributed by atoms with Gasteiger partial charge in [-0.15, -0.1) is 0 Å². The predicted octanol–water partition coefficient (Wildman–Crippen LogP) is 3.32. The molecule has 0 atom stereocenters. The van der Waals surface area contributed by atoms with Gasteiger partial charge in [0.1, 0.15) is 11.5 Å². The lowest BCUT2D eigenvalue weighted by molar-refractivity contribution is 0.122. The maximum Gasteiger partial charge on any atom is 0.180 e. The Hall–Kier alpha value is -2.54. The highest BCUT2D eigenvalue weighted by Crippen LogP contribution is 2.20. The third-order valence-electron chi connectivity index (χ3n) is 4.57. The van der Waals surface area contributed by atoms with Crippen LogP contribution in [0.15, 0.2) is 54.7 Å². The van der Waals surface area contributed by atoms with E-state index in [0.29, 0.717) is 32.1 Å². The number of nitrogens with one attached hydrogen (secondary N) is 1. The van der Waals surface area contributed by atoms with E-state index in [-0.39, 0.29) is 0 Å². The number of halogens is 1. The average Bonchev–Trinajstić information content (AvgIpc) is 2.76. The summed E-state index contributed by atoms with van der Waals surface area (Å²) in [7, 11) is 0. The maximum absolute atomic E-state index is 6.25. The second-order valence-corrected chi connectivity index (χ2v) is 6.96. The van der Waals surface area contributed by atoms with Crippen molar-refractivity contribution in [2.24, 2.45) is 0 Å². The number of morpholine rings is 1. The van der Waals surface area contributed by atoms with Gasteiger partial charge in [-0.1, -0.05) is 35.9 Å². The molecule has 0 spiro atoms. The Morgan fingerprint density at radius 2 is 1.82 bits per heavy atom. The molecule has 1 fully saturated rings. The molecule has 1 aromatic carbocycles. The van der Waals surface area contributed by atoms with Crippen molar-refractivity contribution in [3.63, 3.8) is 0 Å². The minimum atomic E-state index is 0.616. The van der Waals surface area contributed by atoms with Crippen molar-refractivity contribution in [2.45, 2.75) is 13.1 Å². The summed E-state index contributed by atoms with van der Waals surface area (Å²) in [6.45, 7) is 4.36. The SMILES string of the molecule is Clc1ccccc1CNCc1cc(N2CCOCC2)nc(-c2ccccn2)n1. The fourth-order valence-corrected chi connectivity index (χ4v) is 3.31. The van der Waals surface area contributed by atoms with E-state index in [9.17, 15) is 0 Å². The van der Waals surface area contributed by atoms with Gasteiger partial charge < -0.3 is 15.0 Å². The Morgan fingerprint density at radius 1 is 1.00 bits per heavy atom. The highest BCUT2D eigenvalue weighted by molar-refractivity contribution is 6.31. The summed E-state index contributed by atoms with van der Waals surface area (Å²) in [4.78, 5) is 16.1.